The molecule has 0 aliphatic carbocycles. The Kier molecular flexibility index (Phi) is 7.42. The highest BCUT2D eigenvalue weighted by Crippen LogP contribution is 2.19. The second-order valence-corrected chi connectivity index (χ2v) is 9.05. The molecule has 0 saturated carbocycles. The van der Waals surface area contributed by atoms with E-state index in [1.165, 1.54) is 23.4 Å². The van der Waals surface area contributed by atoms with E-state index in [4.69, 9.17) is 14.2 Å². The highest BCUT2D eigenvalue weighted by molar-refractivity contribution is 7.89. The zero-order valence-electron chi connectivity index (χ0n) is 17.4. The van der Waals surface area contributed by atoms with Crippen molar-refractivity contribution < 1.29 is 32.2 Å². The molecule has 0 bridgehead atoms. The minimum atomic E-state index is -3.63. The Bertz CT molecular complexity index is 1030. The molecule has 1 saturated heterocycles. The molecule has 2 aromatic rings. The Hall–Kier alpha value is -2.75. The highest BCUT2D eigenvalue weighted by Gasteiger charge is 2.26. The fourth-order valence-electron chi connectivity index (χ4n) is 3.02. The molecule has 0 amide bonds. The highest BCUT2D eigenvalue weighted by atomic mass is 32.2. The van der Waals surface area contributed by atoms with Gasteiger partial charge in [0.15, 0.2) is 11.9 Å². The molecule has 166 valence electrons. The van der Waals surface area contributed by atoms with Crippen LogP contribution in [-0.2, 0) is 30.9 Å². The quantitative estimate of drug-likeness (QED) is 0.453. The Morgan fingerprint density at radius 2 is 1.77 bits per heavy atom. The van der Waals surface area contributed by atoms with E-state index in [1.54, 1.807) is 43.3 Å². The molecule has 1 fully saturated rings. The van der Waals surface area contributed by atoms with Crippen LogP contribution in [0.15, 0.2) is 53.4 Å². The minimum Gasteiger partial charge on any atom is -0.479 e. The molecule has 0 aromatic heterocycles. The number of sulfonamides is 1. The molecule has 0 N–H and O–H groups in total. The van der Waals surface area contributed by atoms with Gasteiger partial charge in [0.05, 0.1) is 18.1 Å². The number of rotatable bonds is 8. The summed E-state index contributed by atoms with van der Waals surface area (Å²) >= 11 is 0. The van der Waals surface area contributed by atoms with E-state index in [9.17, 15) is 18.0 Å². The summed E-state index contributed by atoms with van der Waals surface area (Å²) in [6.45, 7) is 4.30. The smallest absolute Gasteiger partial charge is 0.347 e. The third-order valence-electron chi connectivity index (χ3n) is 4.79. The number of hydrogen-bond donors (Lipinski definition) is 0. The van der Waals surface area contributed by atoms with Gasteiger partial charge in [0.25, 0.3) is 0 Å². The fourth-order valence-corrected chi connectivity index (χ4v) is 4.50. The molecule has 2 aromatic carbocycles. The predicted octanol–water partition coefficient (Wildman–Crippen LogP) is 2.42. The molecule has 0 spiro atoms. The lowest BCUT2D eigenvalue weighted by molar-refractivity contribution is -0.152. The number of ketones is 1. The van der Waals surface area contributed by atoms with Crippen LogP contribution in [0.5, 0.6) is 5.75 Å². The molecular formula is C22H25NO7S. The van der Waals surface area contributed by atoms with Gasteiger partial charge in [-0.3, -0.25) is 4.79 Å². The van der Waals surface area contributed by atoms with E-state index in [1.807, 2.05) is 0 Å². The van der Waals surface area contributed by atoms with Crippen LogP contribution in [0.2, 0.25) is 0 Å². The van der Waals surface area contributed by atoms with Crippen molar-refractivity contribution in [3.05, 3.63) is 59.7 Å². The molecular weight excluding hydrogens is 422 g/mol. The maximum absolute atomic E-state index is 12.8. The summed E-state index contributed by atoms with van der Waals surface area (Å²) in [7, 11) is -3.63. The lowest BCUT2D eigenvalue weighted by Crippen LogP contribution is -2.40. The lowest BCUT2D eigenvalue weighted by Gasteiger charge is -2.26. The molecule has 31 heavy (non-hydrogen) atoms. The monoisotopic (exact) mass is 447 g/mol. The summed E-state index contributed by atoms with van der Waals surface area (Å²) in [4.78, 5) is 23.8. The summed E-state index contributed by atoms with van der Waals surface area (Å²) in [6.07, 6.45) is -0.872. The summed E-state index contributed by atoms with van der Waals surface area (Å²) in [5.41, 5.74) is 1.11. The van der Waals surface area contributed by atoms with Crippen LogP contribution in [0.3, 0.4) is 0 Å². The number of esters is 1. The third-order valence-corrected chi connectivity index (χ3v) is 6.69. The minimum absolute atomic E-state index is 0.0585. The van der Waals surface area contributed by atoms with Crippen molar-refractivity contribution in [2.24, 2.45) is 0 Å². The van der Waals surface area contributed by atoms with Gasteiger partial charge in [-0.25, -0.2) is 13.2 Å². The maximum atomic E-state index is 12.8. The average Bonchev–Trinajstić information content (AvgIpc) is 2.78. The van der Waals surface area contributed by atoms with Crippen LogP contribution >= 0.6 is 0 Å². The van der Waals surface area contributed by atoms with Gasteiger partial charge in [-0.15, -0.1) is 0 Å². The zero-order valence-corrected chi connectivity index (χ0v) is 18.3. The van der Waals surface area contributed by atoms with Crippen molar-refractivity contribution in [3.8, 4) is 5.75 Å². The van der Waals surface area contributed by atoms with Gasteiger partial charge >= 0.3 is 5.97 Å². The van der Waals surface area contributed by atoms with Gasteiger partial charge in [0.2, 0.25) is 10.0 Å². The second-order valence-electron chi connectivity index (χ2n) is 7.11. The Balaban J connectivity index is 1.58. The molecule has 1 heterocycles. The van der Waals surface area contributed by atoms with Gasteiger partial charge in [-0.1, -0.05) is 12.1 Å². The first-order chi connectivity index (χ1) is 14.8. The molecule has 1 atom stereocenters. The Labute approximate surface area is 181 Å². The fraction of sp³-hybridized carbons (Fsp3) is 0.364. The normalized spacial score (nSPS) is 15.8. The van der Waals surface area contributed by atoms with Crippen LogP contribution in [-0.4, -0.2) is 56.9 Å². The second kappa shape index (κ2) is 10.0. The largest absolute Gasteiger partial charge is 0.479 e. The van der Waals surface area contributed by atoms with E-state index in [0.29, 0.717) is 43.2 Å². The van der Waals surface area contributed by atoms with Crippen LogP contribution in [0, 0.1) is 0 Å². The van der Waals surface area contributed by atoms with Gasteiger partial charge < -0.3 is 14.2 Å². The molecule has 8 nitrogen and oxygen atoms in total. The topological polar surface area (TPSA) is 99.2 Å². The van der Waals surface area contributed by atoms with Crippen molar-refractivity contribution >= 4 is 21.8 Å². The summed E-state index contributed by atoms with van der Waals surface area (Å²) in [6, 6.07) is 12.8. The lowest BCUT2D eigenvalue weighted by atomic mass is 10.1. The van der Waals surface area contributed by atoms with Crippen molar-refractivity contribution in [1.29, 1.82) is 0 Å². The van der Waals surface area contributed by atoms with Crippen molar-refractivity contribution in [2.45, 2.75) is 31.5 Å². The Morgan fingerprint density at radius 1 is 1.10 bits per heavy atom. The molecule has 3 rings (SSSR count). The van der Waals surface area contributed by atoms with E-state index in [-0.39, 0.29) is 17.3 Å². The van der Waals surface area contributed by atoms with Crippen molar-refractivity contribution in [2.75, 3.05) is 26.3 Å². The molecule has 0 radical (unpaired) electrons. The summed E-state index contributed by atoms with van der Waals surface area (Å²) in [5, 5.41) is 0. The SMILES string of the molecule is CC(=O)c1ccc(OC(C)C(=O)OCc2cccc(S(=O)(=O)N3CCOCC3)c2)cc1. The van der Waals surface area contributed by atoms with E-state index in [2.05, 4.69) is 0 Å². The van der Waals surface area contributed by atoms with E-state index >= 15 is 0 Å². The zero-order chi connectivity index (χ0) is 22.4. The number of benzene rings is 2. The van der Waals surface area contributed by atoms with Gasteiger partial charge in [-0.05, 0) is 55.8 Å². The molecule has 1 aliphatic heterocycles. The van der Waals surface area contributed by atoms with Gasteiger partial charge in [0, 0.05) is 18.7 Å². The first-order valence-electron chi connectivity index (χ1n) is 9.88. The van der Waals surface area contributed by atoms with Crippen LogP contribution < -0.4 is 4.74 Å². The van der Waals surface area contributed by atoms with Gasteiger partial charge in [0.1, 0.15) is 12.4 Å². The van der Waals surface area contributed by atoms with Gasteiger partial charge in [-0.2, -0.15) is 4.31 Å². The molecule has 9 heteroatoms. The number of nitrogens with zero attached hydrogens (tertiary/aromatic N) is 1. The first-order valence-corrected chi connectivity index (χ1v) is 11.3. The van der Waals surface area contributed by atoms with Crippen LogP contribution in [0.1, 0.15) is 29.8 Å². The first kappa shape index (κ1) is 22.9. The Morgan fingerprint density at radius 3 is 2.42 bits per heavy atom. The third kappa shape index (κ3) is 5.90. The number of hydrogen-bond acceptors (Lipinski definition) is 7. The van der Waals surface area contributed by atoms with Crippen molar-refractivity contribution in [3.63, 3.8) is 0 Å². The number of Topliss-reactive ketones (excluding diaryl/α,β-unsaturated/α-hetero) is 1. The molecule has 1 aliphatic rings. The number of ether oxygens (including phenoxy) is 3. The number of morpholine rings is 1. The number of carbonyl (C=O) groups excluding carboxylic acids is 2. The average molecular weight is 448 g/mol. The number of carbonyl (C=O) groups is 2. The molecule has 1 unspecified atom stereocenters. The van der Waals surface area contributed by atoms with Crippen LogP contribution in [0.25, 0.3) is 0 Å². The van der Waals surface area contributed by atoms with E-state index < -0.39 is 22.1 Å². The predicted molar refractivity (Wildman–Crippen MR) is 112 cm³/mol. The van der Waals surface area contributed by atoms with E-state index in [0.717, 1.165) is 0 Å². The van der Waals surface area contributed by atoms with Crippen molar-refractivity contribution in [1.82, 2.24) is 4.31 Å². The standard InChI is InChI=1S/C22H25NO7S/c1-16(24)19-6-8-20(9-7-19)30-17(2)22(25)29-15-18-4-3-5-21(14-18)31(26,27)23-10-12-28-13-11-23/h3-9,14,17H,10-13,15H2,1-2H3. The summed E-state index contributed by atoms with van der Waals surface area (Å²) in [5.74, 6) is -0.206. The summed E-state index contributed by atoms with van der Waals surface area (Å²) < 4.78 is 43.0. The maximum Gasteiger partial charge on any atom is 0.347 e. The van der Waals surface area contributed by atoms with Crippen LogP contribution in [0.4, 0.5) is 0 Å².